The number of rotatable bonds is 12. The van der Waals surface area contributed by atoms with Gasteiger partial charge in [-0.25, -0.2) is 4.98 Å². The third kappa shape index (κ3) is 6.71. The Kier molecular flexibility index (Phi) is 9.33. The van der Waals surface area contributed by atoms with Gasteiger partial charge in [0.1, 0.15) is 17.6 Å². The van der Waals surface area contributed by atoms with Gasteiger partial charge < -0.3 is 24.4 Å². The predicted molar refractivity (Wildman–Crippen MR) is 132 cm³/mol. The van der Waals surface area contributed by atoms with Gasteiger partial charge >= 0.3 is 5.97 Å². The molecule has 2 aromatic rings. The van der Waals surface area contributed by atoms with Crippen LogP contribution in [0.15, 0.2) is 12.1 Å². The summed E-state index contributed by atoms with van der Waals surface area (Å²) < 4.78 is 17.4. The van der Waals surface area contributed by atoms with Crippen molar-refractivity contribution >= 4 is 17.3 Å². The molecule has 1 aromatic heterocycles. The van der Waals surface area contributed by atoms with Gasteiger partial charge in [-0.2, -0.15) is 0 Å². The first-order chi connectivity index (χ1) is 16.2. The number of carboxylic acids is 1. The lowest BCUT2D eigenvalue weighted by molar-refractivity contribution is -0.136. The number of ether oxygens (including phenoxy) is 3. The van der Waals surface area contributed by atoms with Crippen LogP contribution in [-0.2, 0) is 28.8 Å². The molecule has 1 heterocycles. The van der Waals surface area contributed by atoms with E-state index in [0.717, 1.165) is 47.6 Å². The number of aliphatic hydroxyl groups excluding tert-OH is 1. The molecule has 0 saturated heterocycles. The number of thiazole rings is 1. The second kappa shape index (κ2) is 12.0. The smallest absolute Gasteiger partial charge is 0.309 e. The van der Waals surface area contributed by atoms with Crippen molar-refractivity contribution in [3.05, 3.63) is 38.8 Å². The van der Waals surface area contributed by atoms with Crippen LogP contribution < -0.4 is 9.47 Å². The van der Waals surface area contributed by atoms with Gasteiger partial charge in [0, 0.05) is 16.9 Å². The minimum absolute atomic E-state index is 0.0956. The molecule has 0 radical (unpaired) electrons. The lowest BCUT2D eigenvalue weighted by Crippen LogP contribution is -2.29. The number of aliphatic hydroxyl groups is 1. The van der Waals surface area contributed by atoms with E-state index in [9.17, 15) is 15.0 Å². The summed E-state index contributed by atoms with van der Waals surface area (Å²) in [6.07, 6.45) is 3.96. The molecule has 1 aromatic carbocycles. The van der Waals surface area contributed by atoms with E-state index in [1.165, 1.54) is 11.3 Å². The zero-order valence-corrected chi connectivity index (χ0v) is 21.6. The summed E-state index contributed by atoms with van der Waals surface area (Å²) in [7, 11) is 3.19. The molecule has 2 unspecified atom stereocenters. The van der Waals surface area contributed by atoms with Gasteiger partial charge in [0.15, 0.2) is 0 Å². The number of aromatic nitrogens is 1. The average Bonchev–Trinajstić information content (AvgIpc) is 3.42. The Bertz CT molecular complexity index is 941. The number of carbonyl (C=O) groups is 1. The number of nitrogens with zero attached hydrogens (tertiary/aromatic N) is 1. The van der Waals surface area contributed by atoms with Gasteiger partial charge in [-0.05, 0) is 49.8 Å². The second-order valence-electron chi connectivity index (χ2n) is 9.43. The van der Waals surface area contributed by atoms with E-state index in [1.807, 2.05) is 19.1 Å². The Hall–Kier alpha value is -2.16. The fourth-order valence-corrected chi connectivity index (χ4v) is 5.85. The van der Waals surface area contributed by atoms with E-state index in [-0.39, 0.29) is 12.5 Å². The third-order valence-corrected chi connectivity index (χ3v) is 7.39. The summed E-state index contributed by atoms with van der Waals surface area (Å²) in [5.74, 6) is 0.791. The van der Waals surface area contributed by atoms with Crippen LogP contribution in [0, 0.1) is 12.8 Å². The summed E-state index contributed by atoms with van der Waals surface area (Å²) in [5.41, 5.74) is 2.15. The van der Waals surface area contributed by atoms with E-state index < -0.39 is 18.2 Å². The number of methoxy groups -OCH3 is 2. The Morgan fingerprint density at radius 1 is 1.15 bits per heavy atom. The first-order valence-corrected chi connectivity index (χ1v) is 12.8. The highest BCUT2D eigenvalue weighted by Gasteiger charge is 2.30. The zero-order chi connectivity index (χ0) is 24.8. The van der Waals surface area contributed by atoms with Crippen molar-refractivity contribution in [2.75, 3.05) is 14.2 Å². The van der Waals surface area contributed by atoms with E-state index in [2.05, 4.69) is 18.8 Å². The van der Waals surface area contributed by atoms with Crippen molar-refractivity contribution in [1.82, 2.24) is 4.98 Å². The van der Waals surface area contributed by atoms with Gasteiger partial charge in [0.05, 0.1) is 43.5 Å². The monoisotopic (exact) mass is 491 g/mol. The molecular weight excluding hydrogens is 454 g/mol. The Morgan fingerprint density at radius 3 is 2.29 bits per heavy atom. The van der Waals surface area contributed by atoms with Crippen molar-refractivity contribution in [3.63, 3.8) is 0 Å². The quantitative estimate of drug-likeness (QED) is 0.436. The molecule has 34 heavy (non-hydrogen) atoms. The Balaban J connectivity index is 1.92. The van der Waals surface area contributed by atoms with E-state index in [1.54, 1.807) is 14.2 Å². The summed E-state index contributed by atoms with van der Waals surface area (Å²) >= 11 is 1.53. The Morgan fingerprint density at radius 2 is 1.76 bits per heavy atom. The molecule has 0 amide bonds. The molecule has 0 spiro atoms. The molecule has 1 saturated carbocycles. The minimum Gasteiger partial charge on any atom is -0.496 e. The second-order valence-corrected chi connectivity index (χ2v) is 10.6. The van der Waals surface area contributed by atoms with Crippen molar-refractivity contribution in [3.8, 4) is 11.5 Å². The molecule has 2 N–H and O–H groups in total. The van der Waals surface area contributed by atoms with Crippen LogP contribution >= 0.6 is 11.3 Å². The number of aliphatic carboxylic acids is 1. The van der Waals surface area contributed by atoms with Crippen molar-refractivity contribution < 1.29 is 29.2 Å². The molecule has 0 aliphatic heterocycles. The SMILES string of the molecule is COc1cc(C(O)C(Cc2nc(CC(=O)O)c(CC(C)C)s2)OC2CCCC2)cc(OC)c1C. The van der Waals surface area contributed by atoms with Crippen LogP contribution in [0.1, 0.15) is 72.3 Å². The van der Waals surface area contributed by atoms with Crippen LogP contribution in [0.25, 0.3) is 0 Å². The standard InChI is InChI=1S/C26H37NO6S/c1-15(2)10-23-19(13-25(28)29)27-24(34-23)14-22(33-18-8-6-7-9-18)26(30)17-11-20(31-4)16(3)21(12-17)32-5/h11-12,15,18,22,26,30H,6-10,13-14H2,1-5H3,(H,28,29). The van der Waals surface area contributed by atoms with Crippen molar-refractivity contribution in [1.29, 1.82) is 0 Å². The average molecular weight is 492 g/mol. The van der Waals surface area contributed by atoms with Gasteiger partial charge in [0.2, 0.25) is 0 Å². The Labute approximate surface area is 206 Å². The molecule has 1 aliphatic carbocycles. The number of carboxylic acid groups (broad SMARTS) is 1. The molecule has 8 heteroatoms. The number of hydrogen-bond acceptors (Lipinski definition) is 7. The maximum Gasteiger partial charge on any atom is 0.309 e. The van der Waals surface area contributed by atoms with E-state index in [4.69, 9.17) is 14.2 Å². The highest BCUT2D eigenvalue weighted by Crippen LogP contribution is 2.36. The number of benzene rings is 1. The number of hydrogen-bond donors (Lipinski definition) is 2. The first kappa shape index (κ1) is 26.4. The van der Waals surface area contributed by atoms with Crippen molar-refractivity contribution in [2.45, 2.75) is 84.0 Å². The van der Waals surface area contributed by atoms with Crippen LogP contribution in [0.3, 0.4) is 0 Å². The molecule has 188 valence electrons. The van der Waals surface area contributed by atoms with Crippen molar-refractivity contribution in [2.24, 2.45) is 5.92 Å². The van der Waals surface area contributed by atoms with Gasteiger partial charge in [0.25, 0.3) is 0 Å². The minimum atomic E-state index is -0.913. The lowest BCUT2D eigenvalue weighted by Gasteiger charge is -2.27. The molecule has 3 rings (SSSR count). The summed E-state index contributed by atoms with van der Waals surface area (Å²) in [5, 5.41) is 21.6. The molecule has 1 aliphatic rings. The molecule has 2 atom stereocenters. The summed E-state index contributed by atoms with van der Waals surface area (Å²) in [6, 6.07) is 3.66. The van der Waals surface area contributed by atoms with E-state index >= 15 is 0 Å². The van der Waals surface area contributed by atoms with Gasteiger partial charge in [-0.15, -0.1) is 11.3 Å². The topological polar surface area (TPSA) is 98.1 Å². The fourth-order valence-electron chi connectivity index (χ4n) is 4.51. The normalized spacial score (nSPS) is 16.1. The lowest BCUT2D eigenvalue weighted by atomic mass is 9.99. The maximum atomic E-state index is 11.4. The summed E-state index contributed by atoms with van der Waals surface area (Å²) in [4.78, 5) is 17.1. The zero-order valence-electron chi connectivity index (χ0n) is 20.8. The fraction of sp³-hybridized carbons (Fsp3) is 0.615. The molecule has 0 bridgehead atoms. The third-order valence-electron chi connectivity index (χ3n) is 6.25. The maximum absolute atomic E-state index is 11.4. The first-order valence-electron chi connectivity index (χ1n) is 12.0. The van der Waals surface area contributed by atoms with Gasteiger partial charge in [-0.3, -0.25) is 4.79 Å². The van der Waals surface area contributed by atoms with Crippen LogP contribution in [0.5, 0.6) is 11.5 Å². The van der Waals surface area contributed by atoms with Crippen LogP contribution in [0.4, 0.5) is 0 Å². The van der Waals surface area contributed by atoms with Crippen LogP contribution in [0.2, 0.25) is 0 Å². The van der Waals surface area contributed by atoms with Crippen LogP contribution in [-0.4, -0.2) is 47.6 Å². The molecular formula is C26H37NO6S. The highest BCUT2D eigenvalue weighted by molar-refractivity contribution is 7.11. The molecule has 7 nitrogen and oxygen atoms in total. The largest absolute Gasteiger partial charge is 0.496 e. The van der Waals surface area contributed by atoms with Gasteiger partial charge in [-0.1, -0.05) is 26.7 Å². The predicted octanol–water partition coefficient (Wildman–Crippen LogP) is 4.90. The highest BCUT2D eigenvalue weighted by atomic mass is 32.1. The summed E-state index contributed by atoms with van der Waals surface area (Å²) in [6.45, 7) is 6.13. The van der Waals surface area contributed by atoms with E-state index in [0.29, 0.717) is 35.1 Å². The molecule has 1 fully saturated rings.